The highest BCUT2D eigenvalue weighted by Crippen LogP contribution is 2.36. The van der Waals surface area contributed by atoms with Crippen LogP contribution in [0.5, 0.6) is 0 Å². The van der Waals surface area contributed by atoms with Crippen LogP contribution in [0.3, 0.4) is 0 Å². The summed E-state index contributed by atoms with van der Waals surface area (Å²) in [6.07, 6.45) is 0. The van der Waals surface area contributed by atoms with Gasteiger partial charge in [0.1, 0.15) is 4.88 Å². The lowest BCUT2D eigenvalue weighted by Gasteiger charge is -2.09. The van der Waals surface area contributed by atoms with E-state index in [4.69, 9.17) is 23.2 Å². The standard InChI is InChI=1S/C17H12Cl2N2O2S/c1-9(22)20-10-6-7-12(18)13(8-10)21-17(23)16-15(19)11-4-2-3-5-14(11)24-16/h2-8H,1H3,(H,20,22)(H,21,23). The zero-order chi connectivity index (χ0) is 17.3. The molecule has 1 aromatic heterocycles. The zero-order valence-corrected chi connectivity index (χ0v) is 14.9. The van der Waals surface area contributed by atoms with Gasteiger partial charge in [-0.2, -0.15) is 0 Å². The quantitative estimate of drug-likeness (QED) is 0.639. The van der Waals surface area contributed by atoms with Crippen molar-refractivity contribution in [2.24, 2.45) is 0 Å². The number of benzene rings is 2. The van der Waals surface area contributed by atoms with Gasteiger partial charge in [-0.05, 0) is 24.3 Å². The first kappa shape index (κ1) is 16.8. The van der Waals surface area contributed by atoms with E-state index in [9.17, 15) is 9.59 Å². The smallest absolute Gasteiger partial charge is 0.267 e. The second-order valence-corrected chi connectivity index (χ2v) is 6.91. The van der Waals surface area contributed by atoms with Crippen LogP contribution in [0.4, 0.5) is 11.4 Å². The zero-order valence-electron chi connectivity index (χ0n) is 12.5. The molecule has 2 amide bonds. The topological polar surface area (TPSA) is 58.2 Å². The number of fused-ring (bicyclic) bond motifs is 1. The molecule has 0 aliphatic rings. The summed E-state index contributed by atoms with van der Waals surface area (Å²) in [5.74, 6) is -0.551. The molecular weight excluding hydrogens is 367 g/mol. The fourth-order valence-corrected chi connectivity index (χ4v) is 3.82. The van der Waals surface area contributed by atoms with Crippen molar-refractivity contribution in [3.63, 3.8) is 0 Å². The number of amides is 2. The van der Waals surface area contributed by atoms with E-state index in [2.05, 4.69) is 10.6 Å². The Hall–Kier alpha value is -2.08. The van der Waals surface area contributed by atoms with E-state index in [0.717, 1.165) is 10.1 Å². The van der Waals surface area contributed by atoms with E-state index < -0.39 is 0 Å². The first-order chi connectivity index (χ1) is 11.5. The van der Waals surface area contributed by atoms with Crippen molar-refractivity contribution in [1.82, 2.24) is 0 Å². The van der Waals surface area contributed by atoms with Crippen molar-refractivity contribution in [2.45, 2.75) is 6.92 Å². The maximum absolute atomic E-state index is 12.6. The minimum atomic E-state index is -0.344. The molecule has 0 atom stereocenters. The van der Waals surface area contributed by atoms with E-state index in [1.165, 1.54) is 18.3 Å². The SMILES string of the molecule is CC(=O)Nc1ccc(Cl)c(NC(=O)c2sc3ccccc3c2Cl)c1. The van der Waals surface area contributed by atoms with Gasteiger partial charge in [-0.1, -0.05) is 41.4 Å². The van der Waals surface area contributed by atoms with Crippen molar-refractivity contribution in [3.8, 4) is 0 Å². The summed E-state index contributed by atoms with van der Waals surface area (Å²) in [7, 11) is 0. The van der Waals surface area contributed by atoms with Crippen LogP contribution in [-0.2, 0) is 4.79 Å². The van der Waals surface area contributed by atoms with Crippen molar-refractivity contribution >= 4 is 67.8 Å². The minimum absolute atomic E-state index is 0.206. The van der Waals surface area contributed by atoms with E-state index in [-0.39, 0.29) is 11.8 Å². The molecule has 0 unspecified atom stereocenters. The lowest BCUT2D eigenvalue weighted by Crippen LogP contribution is -2.12. The molecule has 2 N–H and O–H groups in total. The van der Waals surface area contributed by atoms with Gasteiger partial charge in [-0.3, -0.25) is 9.59 Å². The van der Waals surface area contributed by atoms with E-state index in [1.54, 1.807) is 18.2 Å². The molecule has 0 aliphatic heterocycles. The van der Waals surface area contributed by atoms with Crippen LogP contribution in [0.15, 0.2) is 42.5 Å². The number of carbonyl (C=O) groups excluding carboxylic acids is 2. The average Bonchev–Trinajstić information content (AvgIpc) is 2.88. The summed E-state index contributed by atoms with van der Waals surface area (Å²) >= 11 is 13.8. The van der Waals surface area contributed by atoms with Crippen LogP contribution in [0.2, 0.25) is 10.0 Å². The monoisotopic (exact) mass is 378 g/mol. The molecule has 7 heteroatoms. The number of thiophene rings is 1. The Labute approximate surface area is 152 Å². The van der Waals surface area contributed by atoms with Crippen LogP contribution >= 0.6 is 34.5 Å². The maximum atomic E-state index is 12.6. The minimum Gasteiger partial charge on any atom is -0.326 e. The van der Waals surface area contributed by atoms with Gasteiger partial charge < -0.3 is 10.6 Å². The molecule has 0 radical (unpaired) electrons. The summed E-state index contributed by atoms with van der Waals surface area (Å²) in [6.45, 7) is 1.41. The van der Waals surface area contributed by atoms with Crippen molar-refractivity contribution in [1.29, 1.82) is 0 Å². The molecule has 0 saturated heterocycles. The maximum Gasteiger partial charge on any atom is 0.267 e. The molecule has 0 spiro atoms. The van der Waals surface area contributed by atoms with Gasteiger partial charge in [0.05, 0.1) is 15.7 Å². The number of hydrogen-bond donors (Lipinski definition) is 2. The number of halogens is 2. The Morgan fingerprint density at radius 2 is 1.79 bits per heavy atom. The van der Waals surface area contributed by atoms with Gasteiger partial charge >= 0.3 is 0 Å². The summed E-state index contributed by atoms with van der Waals surface area (Å²) in [6, 6.07) is 12.4. The highest BCUT2D eigenvalue weighted by Gasteiger charge is 2.18. The molecule has 3 rings (SSSR count). The van der Waals surface area contributed by atoms with Crippen LogP contribution in [0.1, 0.15) is 16.6 Å². The molecule has 0 bridgehead atoms. The van der Waals surface area contributed by atoms with Gasteiger partial charge in [0, 0.05) is 22.7 Å². The predicted molar refractivity (Wildman–Crippen MR) is 101 cm³/mol. The van der Waals surface area contributed by atoms with Crippen molar-refractivity contribution in [2.75, 3.05) is 10.6 Å². The molecule has 0 fully saturated rings. The summed E-state index contributed by atoms with van der Waals surface area (Å²) in [5, 5.41) is 7.02. The number of anilines is 2. The second kappa shape index (κ2) is 6.81. The Balaban J connectivity index is 1.91. The normalized spacial score (nSPS) is 10.6. The van der Waals surface area contributed by atoms with Crippen LogP contribution < -0.4 is 10.6 Å². The lowest BCUT2D eigenvalue weighted by atomic mass is 10.2. The highest BCUT2D eigenvalue weighted by molar-refractivity contribution is 7.21. The first-order valence-corrected chi connectivity index (χ1v) is 8.58. The third-order valence-electron chi connectivity index (χ3n) is 3.28. The second-order valence-electron chi connectivity index (χ2n) is 5.07. The Kier molecular flexibility index (Phi) is 4.76. The van der Waals surface area contributed by atoms with Crippen molar-refractivity contribution < 1.29 is 9.59 Å². The number of nitrogens with one attached hydrogen (secondary N) is 2. The van der Waals surface area contributed by atoms with Crippen molar-refractivity contribution in [3.05, 3.63) is 57.4 Å². The van der Waals surface area contributed by atoms with Gasteiger partial charge in [0.25, 0.3) is 5.91 Å². The third-order valence-corrected chi connectivity index (χ3v) is 5.28. The van der Waals surface area contributed by atoms with E-state index in [1.807, 2.05) is 24.3 Å². The van der Waals surface area contributed by atoms with Gasteiger partial charge in [-0.15, -0.1) is 11.3 Å². The molecular formula is C17H12Cl2N2O2S. The first-order valence-electron chi connectivity index (χ1n) is 7.01. The van der Waals surface area contributed by atoms with Gasteiger partial charge in [0.2, 0.25) is 5.91 Å². The fraction of sp³-hybridized carbons (Fsp3) is 0.0588. The molecule has 122 valence electrons. The van der Waals surface area contributed by atoms with Gasteiger partial charge in [-0.25, -0.2) is 0 Å². The molecule has 2 aromatic carbocycles. The molecule has 0 aliphatic carbocycles. The number of carbonyl (C=O) groups is 2. The summed E-state index contributed by atoms with van der Waals surface area (Å²) in [4.78, 5) is 24.1. The predicted octanol–water partition coefficient (Wildman–Crippen LogP) is 5.42. The summed E-state index contributed by atoms with van der Waals surface area (Å²) < 4.78 is 0.936. The Morgan fingerprint density at radius 3 is 2.50 bits per heavy atom. The Morgan fingerprint density at radius 1 is 1.04 bits per heavy atom. The Bertz CT molecular complexity index is 953. The molecule has 0 saturated carbocycles. The molecule has 3 aromatic rings. The summed E-state index contributed by atoms with van der Waals surface area (Å²) in [5.41, 5.74) is 0.950. The van der Waals surface area contributed by atoms with Gasteiger partial charge in [0.15, 0.2) is 0 Å². The molecule has 1 heterocycles. The lowest BCUT2D eigenvalue weighted by molar-refractivity contribution is -0.114. The van der Waals surface area contributed by atoms with Crippen LogP contribution in [0, 0.1) is 0 Å². The fourth-order valence-electron chi connectivity index (χ4n) is 2.24. The number of hydrogen-bond acceptors (Lipinski definition) is 3. The van der Waals surface area contributed by atoms with Crippen LogP contribution in [0.25, 0.3) is 10.1 Å². The molecule has 24 heavy (non-hydrogen) atoms. The van der Waals surface area contributed by atoms with Crippen LogP contribution in [-0.4, -0.2) is 11.8 Å². The number of rotatable bonds is 3. The van der Waals surface area contributed by atoms with E-state index >= 15 is 0 Å². The highest BCUT2D eigenvalue weighted by atomic mass is 35.5. The molecule has 4 nitrogen and oxygen atoms in total. The average molecular weight is 379 g/mol. The largest absolute Gasteiger partial charge is 0.326 e. The van der Waals surface area contributed by atoms with E-state index in [0.29, 0.717) is 26.3 Å². The third kappa shape index (κ3) is 3.38.